The predicted octanol–water partition coefficient (Wildman–Crippen LogP) is 1.61. The molecular weight excluding hydrogens is 312 g/mol. The van der Waals surface area contributed by atoms with Crippen molar-refractivity contribution in [2.75, 3.05) is 31.1 Å². The molecule has 0 spiro atoms. The van der Waals surface area contributed by atoms with Crippen molar-refractivity contribution in [1.82, 2.24) is 10.2 Å². The van der Waals surface area contributed by atoms with Crippen molar-refractivity contribution in [3.05, 3.63) is 0 Å². The summed E-state index contributed by atoms with van der Waals surface area (Å²) in [4.78, 5) is 14.0. The molecule has 0 aromatic carbocycles. The Kier molecular flexibility index (Phi) is 10.2. The number of hydrogen-bond donors (Lipinski definition) is 1. The molecule has 7 heteroatoms. The topological polar surface area (TPSA) is 66.5 Å². The van der Waals surface area contributed by atoms with Crippen LogP contribution >= 0.6 is 12.4 Å². The van der Waals surface area contributed by atoms with Crippen molar-refractivity contribution in [2.24, 2.45) is 0 Å². The zero-order valence-electron chi connectivity index (χ0n) is 13.1. The van der Waals surface area contributed by atoms with Gasteiger partial charge in [-0.2, -0.15) is 0 Å². The molecule has 0 saturated carbocycles. The Hall–Kier alpha value is -0.330. The summed E-state index contributed by atoms with van der Waals surface area (Å²) in [5, 5.41) is 3.23. The second kappa shape index (κ2) is 10.4. The van der Waals surface area contributed by atoms with Crippen LogP contribution in [0.1, 0.15) is 46.0 Å². The van der Waals surface area contributed by atoms with Crippen molar-refractivity contribution < 1.29 is 13.2 Å². The van der Waals surface area contributed by atoms with Gasteiger partial charge in [0.1, 0.15) is 5.75 Å². The van der Waals surface area contributed by atoms with E-state index in [-0.39, 0.29) is 35.9 Å². The monoisotopic (exact) mass is 340 g/mol. The zero-order valence-corrected chi connectivity index (χ0v) is 14.8. The van der Waals surface area contributed by atoms with Crippen molar-refractivity contribution in [3.63, 3.8) is 0 Å². The highest BCUT2D eigenvalue weighted by atomic mass is 35.5. The van der Waals surface area contributed by atoms with Gasteiger partial charge in [-0.1, -0.05) is 26.7 Å². The molecule has 1 atom stereocenters. The molecule has 1 saturated heterocycles. The molecule has 21 heavy (non-hydrogen) atoms. The van der Waals surface area contributed by atoms with Crippen LogP contribution in [0.3, 0.4) is 0 Å². The van der Waals surface area contributed by atoms with E-state index in [0.717, 1.165) is 38.8 Å². The van der Waals surface area contributed by atoms with Gasteiger partial charge >= 0.3 is 0 Å². The first-order chi connectivity index (χ1) is 9.50. The van der Waals surface area contributed by atoms with Crippen LogP contribution in [0.15, 0.2) is 0 Å². The van der Waals surface area contributed by atoms with E-state index in [2.05, 4.69) is 5.32 Å². The Bertz CT molecular complexity index is 395. The predicted molar refractivity (Wildman–Crippen MR) is 88.7 cm³/mol. The molecule has 0 aliphatic carbocycles. The molecule has 0 aromatic rings. The molecule has 1 rings (SSSR count). The van der Waals surface area contributed by atoms with E-state index in [4.69, 9.17) is 0 Å². The maximum absolute atomic E-state index is 12.3. The van der Waals surface area contributed by atoms with Crippen LogP contribution in [0.5, 0.6) is 0 Å². The smallest absolute Gasteiger partial charge is 0.238 e. The standard InChI is InChI=1S/C14H28N2O3S.ClH/c1-3-5-6-10-20(18,19)12-14(17)16(9-4-2)13-7-8-15-11-13;/h13,15H,3-12H2,1-2H3;1H. The third-order valence-electron chi connectivity index (χ3n) is 3.66. The summed E-state index contributed by atoms with van der Waals surface area (Å²) >= 11 is 0. The van der Waals surface area contributed by atoms with Crippen LogP contribution < -0.4 is 5.32 Å². The SMILES string of the molecule is CCCCCS(=O)(=O)CC(=O)N(CCC)C1CCNC1.Cl. The van der Waals surface area contributed by atoms with Gasteiger partial charge in [0, 0.05) is 19.1 Å². The fourth-order valence-corrected chi connectivity index (χ4v) is 3.90. The van der Waals surface area contributed by atoms with E-state index in [9.17, 15) is 13.2 Å². The number of amides is 1. The quantitative estimate of drug-likeness (QED) is 0.648. The van der Waals surface area contributed by atoms with Crippen molar-refractivity contribution in [1.29, 1.82) is 0 Å². The third-order valence-corrected chi connectivity index (χ3v) is 5.26. The normalized spacial score (nSPS) is 18.3. The van der Waals surface area contributed by atoms with Gasteiger partial charge in [0.2, 0.25) is 5.91 Å². The molecule has 1 aliphatic heterocycles. The molecular formula is C14H29ClN2O3S. The number of nitrogens with zero attached hydrogens (tertiary/aromatic N) is 1. The number of carbonyl (C=O) groups excluding carboxylic acids is 1. The minimum atomic E-state index is -3.26. The molecule has 1 aliphatic rings. The first kappa shape index (κ1) is 20.7. The number of unbranched alkanes of at least 4 members (excludes halogenated alkanes) is 2. The molecule has 1 heterocycles. The Morgan fingerprint density at radius 3 is 2.48 bits per heavy atom. The van der Waals surface area contributed by atoms with E-state index in [0.29, 0.717) is 13.0 Å². The van der Waals surface area contributed by atoms with E-state index in [1.807, 2.05) is 13.8 Å². The van der Waals surface area contributed by atoms with Crippen LogP contribution in [0.4, 0.5) is 0 Å². The van der Waals surface area contributed by atoms with Gasteiger partial charge in [-0.15, -0.1) is 12.4 Å². The zero-order chi connectivity index (χ0) is 15.0. The molecule has 1 N–H and O–H groups in total. The highest BCUT2D eigenvalue weighted by molar-refractivity contribution is 7.92. The van der Waals surface area contributed by atoms with Crippen LogP contribution in [-0.2, 0) is 14.6 Å². The van der Waals surface area contributed by atoms with Gasteiger partial charge in [-0.3, -0.25) is 4.79 Å². The molecule has 0 aromatic heterocycles. The number of rotatable bonds is 9. The number of halogens is 1. The van der Waals surface area contributed by atoms with E-state index < -0.39 is 9.84 Å². The average molecular weight is 341 g/mol. The lowest BCUT2D eigenvalue weighted by atomic mass is 10.2. The lowest BCUT2D eigenvalue weighted by Gasteiger charge is -2.28. The number of sulfone groups is 1. The lowest BCUT2D eigenvalue weighted by Crippen LogP contribution is -2.44. The number of nitrogens with one attached hydrogen (secondary N) is 1. The van der Waals surface area contributed by atoms with Crippen LogP contribution in [0, 0.1) is 0 Å². The highest BCUT2D eigenvalue weighted by Crippen LogP contribution is 2.11. The minimum Gasteiger partial charge on any atom is -0.338 e. The van der Waals surface area contributed by atoms with Crippen molar-refractivity contribution in [3.8, 4) is 0 Å². The van der Waals surface area contributed by atoms with Gasteiger partial charge in [0.15, 0.2) is 9.84 Å². The van der Waals surface area contributed by atoms with Crippen LogP contribution in [0.25, 0.3) is 0 Å². The van der Waals surface area contributed by atoms with E-state index in [1.54, 1.807) is 4.90 Å². The van der Waals surface area contributed by atoms with Crippen molar-refractivity contribution >= 4 is 28.2 Å². The summed E-state index contributed by atoms with van der Waals surface area (Å²) in [6, 6.07) is 0.160. The summed E-state index contributed by atoms with van der Waals surface area (Å²) in [7, 11) is -3.26. The van der Waals surface area contributed by atoms with Gasteiger partial charge in [0.25, 0.3) is 0 Å². The second-order valence-corrected chi connectivity index (χ2v) is 7.72. The summed E-state index contributed by atoms with van der Waals surface area (Å²) < 4.78 is 24.0. The molecule has 0 bridgehead atoms. The first-order valence-corrected chi connectivity index (χ1v) is 9.53. The Balaban J connectivity index is 0.00000400. The maximum Gasteiger partial charge on any atom is 0.238 e. The first-order valence-electron chi connectivity index (χ1n) is 7.70. The van der Waals surface area contributed by atoms with Gasteiger partial charge in [-0.05, 0) is 25.8 Å². The summed E-state index contributed by atoms with van der Waals surface area (Å²) in [6.45, 7) is 6.38. The van der Waals surface area contributed by atoms with E-state index in [1.165, 1.54) is 0 Å². The van der Waals surface area contributed by atoms with Gasteiger partial charge in [0.05, 0.1) is 5.75 Å². The second-order valence-electron chi connectivity index (χ2n) is 5.53. The average Bonchev–Trinajstić information content (AvgIpc) is 2.88. The fourth-order valence-electron chi connectivity index (χ4n) is 2.57. The molecule has 1 amide bonds. The number of hydrogen-bond acceptors (Lipinski definition) is 4. The molecule has 0 radical (unpaired) electrons. The summed E-state index contributed by atoms with van der Waals surface area (Å²) in [5.74, 6) is -0.417. The highest BCUT2D eigenvalue weighted by Gasteiger charge is 2.28. The largest absolute Gasteiger partial charge is 0.338 e. The molecule has 1 fully saturated rings. The summed E-state index contributed by atoms with van der Waals surface area (Å²) in [6.07, 6.45) is 4.32. The minimum absolute atomic E-state index is 0. The molecule has 126 valence electrons. The fraction of sp³-hybridized carbons (Fsp3) is 0.929. The van der Waals surface area contributed by atoms with Gasteiger partial charge < -0.3 is 10.2 Å². The summed E-state index contributed by atoms with van der Waals surface area (Å²) in [5.41, 5.74) is 0. The Labute approximate surface area is 135 Å². The van der Waals surface area contributed by atoms with Crippen molar-refractivity contribution in [2.45, 2.75) is 52.0 Å². The Morgan fingerprint density at radius 2 is 1.95 bits per heavy atom. The maximum atomic E-state index is 12.3. The lowest BCUT2D eigenvalue weighted by molar-refractivity contribution is -0.130. The number of carbonyl (C=O) groups is 1. The molecule has 1 unspecified atom stereocenters. The van der Waals surface area contributed by atoms with Crippen LogP contribution in [-0.4, -0.2) is 56.4 Å². The Morgan fingerprint density at radius 1 is 1.24 bits per heavy atom. The van der Waals surface area contributed by atoms with Crippen LogP contribution in [0.2, 0.25) is 0 Å². The van der Waals surface area contributed by atoms with Gasteiger partial charge in [-0.25, -0.2) is 8.42 Å². The van der Waals surface area contributed by atoms with E-state index >= 15 is 0 Å². The third kappa shape index (κ3) is 7.47. The molecule has 5 nitrogen and oxygen atoms in total.